The first kappa shape index (κ1) is 18.7. The maximum atomic E-state index is 12.1. The van der Waals surface area contributed by atoms with Gasteiger partial charge < -0.3 is 15.4 Å². The van der Waals surface area contributed by atoms with Crippen LogP contribution in [0.3, 0.4) is 0 Å². The molecule has 0 heterocycles. The van der Waals surface area contributed by atoms with Gasteiger partial charge in [0, 0.05) is 11.7 Å². The SMILES string of the molecule is C[C@@H](NCC(=O)Nc1ccc(OCc2ccccc2)cc1)c1ccccc1. The van der Waals surface area contributed by atoms with Gasteiger partial charge in [0.25, 0.3) is 0 Å². The molecule has 27 heavy (non-hydrogen) atoms. The van der Waals surface area contributed by atoms with Crippen molar-refractivity contribution >= 4 is 11.6 Å². The van der Waals surface area contributed by atoms with Gasteiger partial charge in [-0.05, 0) is 42.3 Å². The third-order valence-corrected chi connectivity index (χ3v) is 4.25. The second-order valence-corrected chi connectivity index (χ2v) is 6.36. The molecule has 3 aromatic carbocycles. The molecule has 1 atom stereocenters. The van der Waals surface area contributed by atoms with Crippen molar-refractivity contribution in [1.29, 1.82) is 0 Å². The van der Waals surface area contributed by atoms with Gasteiger partial charge in [-0.3, -0.25) is 4.79 Å². The van der Waals surface area contributed by atoms with Crippen molar-refractivity contribution in [2.24, 2.45) is 0 Å². The van der Waals surface area contributed by atoms with E-state index in [9.17, 15) is 4.79 Å². The van der Waals surface area contributed by atoms with Crippen LogP contribution in [0.25, 0.3) is 0 Å². The van der Waals surface area contributed by atoms with E-state index < -0.39 is 0 Å². The quantitative estimate of drug-likeness (QED) is 0.619. The molecule has 1 amide bonds. The largest absolute Gasteiger partial charge is 0.489 e. The fourth-order valence-corrected chi connectivity index (χ4v) is 2.69. The minimum Gasteiger partial charge on any atom is -0.489 e. The maximum absolute atomic E-state index is 12.1. The number of ether oxygens (including phenoxy) is 1. The smallest absolute Gasteiger partial charge is 0.238 e. The van der Waals surface area contributed by atoms with Gasteiger partial charge in [-0.2, -0.15) is 0 Å². The van der Waals surface area contributed by atoms with E-state index in [1.54, 1.807) is 0 Å². The van der Waals surface area contributed by atoms with Crippen molar-refractivity contribution in [3.8, 4) is 5.75 Å². The Kier molecular flexibility index (Phi) is 6.61. The molecule has 4 heteroatoms. The molecule has 0 radical (unpaired) electrons. The van der Waals surface area contributed by atoms with Crippen LogP contribution in [-0.2, 0) is 11.4 Å². The predicted octanol–water partition coefficient (Wildman–Crippen LogP) is 4.55. The van der Waals surface area contributed by atoms with Gasteiger partial charge in [-0.25, -0.2) is 0 Å². The molecular formula is C23H24N2O2. The molecule has 0 aliphatic heterocycles. The third-order valence-electron chi connectivity index (χ3n) is 4.25. The van der Waals surface area contributed by atoms with Gasteiger partial charge >= 0.3 is 0 Å². The van der Waals surface area contributed by atoms with Crippen LogP contribution in [0.5, 0.6) is 5.75 Å². The van der Waals surface area contributed by atoms with Crippen LogP contribution in [0.2, 0.25) is 0 Å². The van der Waals surface area contributed by atoms with Gasteiger partial charge in [0.2, 0.25) is 5.91 Å². The van der Waals surface area contributed by atoms with Gasteiger partial charge in [-0.1, -0.05) is 60.7 Å². The maximum Gasteiger partial charge on any atom is 0.238 e. The fourth-order valence-electron chi connectivity index (χ4n) is 2.69. The normalized spacial score (nSPS) is 11.6. The number of nitrogens with one attached hydrogen (secondary N) is 2. The van der Waals surface area contributed by atoms with E-state index in [4.69, 9.17) is 4.74 Å². The zero-order valence-electron chi connectivity index (χ0n) is 15.4. The molecule has 0 unspecified atom stereocenters. The third kappa shape index (κ3) is 5.97. The molecular weight excluding hydrogens is 336 g/mol. The Hall–Kier alpha value is -3.11. The average molecular weight is 360 g/mol. The van der Waals surface area contributed by atoms with E-state index in [-0.39, 0.29) is 18.5 Å². The molecule has 0 saturated carbocycles. The highest BCUT2D eigenvalue weighted by Crippen LogP contribution is 2.17. The fraction of sp³-hybridized carbons (Fsp3) is 0.174. The number of rotatable bonds is 8. The highest BCUT2D eigenvalue weighted by molar-refractivity contribution is 5.92. The van der Waals surface area contributed by atoms with Crippen molar-refractivity contribution in [3.05, 3.63) is 96.1 Å². The zero-order chi connectivity index (χ0) is 18.9. The zero-order valence-corrected chi connectivity index (χ0v) is 15.4. The molecule has 0 bridgehead atoms. The first-order valence-corrected chi connectivity index (χ1v) is 9.06. The van der Waals surface area contributed by atoms with E-state index in [0.717, 1.165) is 22.6 Å². The molecule has 0 aliphatic carbocycles. The molecule has 0 aliphatic rings. The standard InChI is InChI=1S/C23H24N2O2/c1-18(20-10-6-3-7-11-20)24-16-23(26)25-21-12-14-22(15-13-21)27-17-19-8-4-2-5-9-19/h2-15,18,24H,16-17H2,1H3,(H,25,26)/t18-/m1/s1. The Morgan fingerprint density at radius 1 is 0.889 bits per heavy atom. The summed E-state index contributed by atoms with van der Waals surface area (Å²) in [5.41, 5.74) is 3.03. The number of anilines is 1. The second-order valence-electron chi connectivity index (χ2n) is 6.36. The first-order chi connectivity index (χ1) is 13.2. The summed E-state index contributed by atoms with van der Waals surface area (Å²) in [6.07, 6.45) is 0. The summed E-state index contributed by atoms with van der Waals surface area (Å²) in [6, 6.07) is 27.6. The number of carbonyl (C=O) groups excluding carboxylic acids is 1. The molecule has 2 N–H and O–H groups in total. The molecule has 0 saturated heterocycles. The van der Waals surface area contributed by atoms with Gasteiger partial charge in [0.15, 0.2) is 0 Å². The predicted molar refractivity (Wildman–Crippen MR) is 109 cm³/mol. The van der Waals surface area contributed by atoms with Crippen LogP contribution in [0.1, 0.15) is 24.1 Å². The molecule has 0 fully saturated rings. The minimum absolute atomic E-state index is 0.0734. The topological polar surface area (TPSA) is 50.4 Å². The van der Waals surface area contributed by atoms with Crippen LogP contribution in [0.4, 0.5) is 5.69 Å². The average Bonchev–Trinajstić information content (AvgIpc) is 2.73. The van der Waals surface area contributed by atoms with Crippen LogP contribution in [-0.4, -0.2) is 12.5 Å². The summed E-state index contributed by atoms with van der Waals surface area (Å²) in [5.74, 6) is 0.698. The number of carbonyl (C=O) groups is 1. The van der Waals surface area contributed by atoms with E-state index in [1.165, 1.54) is 0 Å². The van der Waals surface area contributed by atoms with E-state index in [2.05, 4.69) is 10.6 Å². The minimum atomic E-state index is -0.0734. The number of benzene rings is 3. The summed E-state index contributed by atoms with van der Waals surface area (Å²) in [5, 5.41) is 6.12. The van der Waals surface area contributed by atoms with Crippen molar-refractivity contribution in [2.45, 2.75) is 19.6 Å². The highest BCUT2D eigenvalue weighted by Gasteiger charge is 2.07. The monoisotopic (exact) mass is 360 g/mol. The first-order valence-electron chi connectivity index (χ1n) is 9.06. The lowest BCUT2D eigenvalue weighted by molar-refractivity contribution is -0.115. The lowest BCUT2D eigenvalue weighted by atomic mass is 10.1. The van der Waals surface area contributed by atoms with E-state index in [1.807, 2.05) is 91.9 Å². The molecule has 0 spiro atoms. The van der Waals surface area contributed by atoms with Crippen molar-refractivity contribution in [3.63, 3.8) is 0 Å². The van der Waals surface area contributed by atoms with Crippen LogP contribution >= 0.6 is 0 Å². The van der Waals surface area contributed by atoms with E-state index in [0.29, 0.717) is 6.61 Å². The molecule has 3 aromatic rings. The molecule has 3 rings (SSSR count). The lowest BCUT2D eigenvalue weighted by Crippen LogP contribution is -2.30. The molecule has 4 nitrogen and oxygen atoms in total. The second kappa shape index (κ2) is 9.55. The Morgan fingerprint density at radius 3 is 2.19 bits per heavy atom. The van der Waals surface area contributed by atoms with Crippen LogP contribution in [0, 0.1) is 0 Å². The highest BCUT2D eigenvalue weighted by atomic mass is 16.5. The number of hydrogen-bond donors (Lipinski definition) is 2. The van der Waals surface area contributed by atoms with Crippen molar-refractivity contribution in [2.75, 3.05) is 11.9 Å². The van der Waals surface area contributed by atoms with Crippen molar-refractivity contribution in [1.82, 2.24) is 5.32 Å². The molecule has 0 aromatic heterocycles. The number of hydrogen-bond acceptors (Lipinski definition) is 3. The van der Waals surface area contributed by atoms with Crippen molar-refractivity contribution < 1.29 is 9.53 Å². The summed E-state index contributed by atoms with van der Waals surface area (Å²) in [4.78, 5) is 12.1. The van der Waals surface area contributed by atoms with Gasteiger partial charge in [0.05, 0.1) is 6.54 Å². The van der Waals surface area contributed by atoms with Crippen LogP contribution in [0.15, 0.2) is 84.9 Å². The molecule has 138 valence electrons. The Bertz CT molecular complexity index is 833. The lowest BCUT2D eigenvalue weighted by Gasteiger charge is -2.14. The van der Waals surface area contributed by atoms with E-state index >= 15 is 0 Å². The summed E-state index contributed by atoms with van der Waals surface area (Å²) in [6.45, 7) is 2.82. The van der Waals surface area contributed by atoms with Gasteiger partial charge in [0.1, 0.15) is 12.4 Å². The summed E-state index contributed by atoms with van der Waals surface area (Å²) >= 11 is 0. The Morgan fingerprint density at radius 2 is 1.52 bits per heavy atom. The summed E-state index contributed by atoms with van der Waals surface area (Å²) < 4.78 is 5.75. The van der Waals surface area contributed by atoms with Gasteiger partial charge in [-0.15, -0.1) is 0 Å². The Labute approximate surface area is 160 Å². The summed E-state index contributed by atoms with van der Waals surface area (Å²) in [7, 11) is 0. The Balaban J connectivity index is 1.44. The van der Waals surface area contributed by atoms with Crippen LogP contribution < -0.4 is 15.4 Å². The number of amides is 1.